The molecule has 10 heteroatoms. The van der Waals surface area contributed by atoms with Gasteiger partial charge < -0.3 is 10.1 Å². The van der Waals surface area contributed by atoms with Crippen molar-refractivity contribution in [2.75, 3.05) is 18.7 Å². The average molecular weight is 483 g/mol. The van der Waals surface area contributed by atoms with Gasteiger partial charge in [-0.05, 0) is 55.5 Å². The number of anilines is 1. The second kappa shape index (κ2) is 9.24. The first-order chi connectivity index (χ1) is 15.8. The Balaban J connectivity index is 1.86. The summed E-state index contributed by atoms with van der Waals surface area (Å²) in [7, 11) is 1.47. The number of carbonyl (C=O) groups is 1. The highest BCUT2D eigenvalue weighted by atomic mass is 32.2. The summed E-state index contributed by atoms with van der Waals surface area (Å²) in [5.41, 5.74) is 2.01. The fourth-order valence-corrected chi connectivity index (χ4v) is 5.16. The van der Waals surface area contributed by atoms with Crippen molar-refractivity contribution >= 4 is 45.0 Å². The molecule has 0 aliphatic carbocycles. The number of fused-ring (bicyclic) bond motifs is 1. The molecule has 8 nitrogen and oxygen atoms in total. The number of aryl methyl sites for hydroxylation is 2. The number of ether oxygens (including phenoxy) is 1. The van der Waals surface area contributed by atoms with Crippen LogP contribution in [0.25, 0.3) is 16.0 Å². The maximum absolute atomic E-state index is 13.5. The molecule has 1 N–H and O–H groups in total. The van der Waals surface area contributed by atoms with E-state index in [1.54, 1.807) is 24.3 Å². The maximum atomic E-state index is 13.5. The molecule has 0 saturated heterocycles. The van der Waals surface area contributed by atoms with Crippen LogP contribution >= 0.6 is 23.1 Å². The Morgan fingerprint density at radius 2 is 1.85 bits per heavy atom. The number of amides is 1. The van der Waals surface area contributed by atoms with Crippen LogP contribution in [-0.2, 0) is 11.3 Å². The number of nitrogens with one attached hydrogen (secondary N) is 1. The molecule has 0 bridgehead atoms. The summed E-state index contributed by atoms with van der Waals surface area (Å²) in [6, 6.07) is 12.5. The first-order valence-electron chi connectivity index (χ1n) is 10.0. The van der Waals surface area contributed by atoms with Gasteiger partial charge in [0.05, 0.1) is 12.8 Å². The molecule has 2 heterocycles. The molecule has 0 fully saturated rings. The Morgan fingerprint density at radius 3 is 2.52 bits per heavy atom. The van der Waals surface area contributed by atoms with Crippen LogP contribution in [0.3, 0.4) is 0 Å². The first kappa shape index (κ1) is 22.8. The van der Waals surface area contributed by atoms with Gasteiger partial charge in [-0.2, -0.15) is 0 Å². The minimum Gasteiger partial charge on any atom is -0.495 e. The molecule has 2 aromatic carbocycles. The number of benzene rings is 2. The molecule has 0 spiro atoms. The number of hydrogen-bond acceptors (Lipinski definition) is 7. The topological polar surface area (TPSA) is 95.2 Å². The highest BCUT2D eigenvalue weighted by molar-refractivity contribution is 8.00. The summed E-state index contributed by atoms with van der Waals surface area (Å²) in [5.74, 6) is -0.0239. The van der Waals surface area contributed by atoms with Gasteiger partial charge in [-0.15, -0.1) is 11.3 Å². The number of methoxy groups -OCH3 is 1. The summed E-state index contributed by atoms with van der Waals surface area (Å²) in [4.78, 5) is 44.2. The highest BCUT2D eigenvalue weighted by Gasteiger charge is 2.22. The Hall–Kier alpha value is -3.37. The van der Waals surface area contributed by atoms with Crippen LogP contribution in [0.2, 0.25) is 0 Å². The van der Waals surface area contributed by atoms with E-state index >= 15 is 0 Å². The number of nitrogens with zero attached hydrogens (tertiary/aromatic N) is 3. The van der Waals surface area contributed by atoms with Crippen molar-refractivity contribution in [1.29, 1.82) is 0 Å². The molecule has 0 aliphatic rings. The Morgan fingerprint density at radius 1 is 1.15 bits per heavy atom. The maximum Gasteiger partial charge on any atom is 0.337 e. The van der Waals surface area contributed by atoms with Crippen molar-refractivity contribution in [2.45, 2.75) is 24.7 Å². The third-order valence-electron chi connectivity index (χ3n) is 4.97. The number of hydrogen-bond donors (Lipinski definition) is 1. The van der Waals surface area contributed by atoms with Crippen LogP contribution in [-0.4, -0.2) is 33.4 Å². The minimum atomic E-state index is -0.662. The third kappa shape index (κ3) is 4.44. The summed E-state index contributed by atoms with van der Waals surface area (Å²) in [6.45, 7) is 3.59. The van der Waals surface area contributed by atoms with Crippen molar-refractivity contribution in [1.82, 2.24) is 14.1 Å². The van der Waals surface area contributed by atoms with E-state index in [2.05, 4.69) is 10.3 Å². The average Bonchev–Trinajstić information content (AvgIpc) is 3.21. The van der Waals surface area contributed by atoms with Crippen molar-refractivity contribution in [2.24, 2.45) is 0 Å². The van der Waals surface area contributed by atoms with E-state index in [-0.39, 0.29) is 12.2 Å². The zero-order valence-electron chi connectivity index (χ0n) is 18.5. The summed E-state index contributed by atoms with van der Waals surface area (Å²) in [5, 5.41) is 2.84. The zero-order valence-corrected chi connectivity index (χ0v) is 20.2. The Labute approximate surface area is 197 Å². The van der Waals surface area contributed by atoms with Gasteiger partial charge >= 0.3 is 5.69 Å². The van der Waals surface area contributed by atoms with E-state index in [9.17, 15) is 14.4 Å². The van der Waals surface area contributed by atoms with E-state index in [0.29, 0.717) is 26.2 Å². The van der Waals surface area contributed by atoms with Gasteiger partial charge in [0.25, 0.3) is 5.56 Å². The van der Waals surface area contributed by atoms with Gasteiger partial charge in [0.2, 0.25) is 5.91 Å². The molecule has 2 aromatic heterocycles. The molecule has 4 aromatic rings. The number of aromatic nitrogens is 3. The van der Waals surface area contributed by atoms with Crippen LogP contribution < -0.4 is 21.3 Å². The summed E-state index contributed by atoms with van der Waals surface area (Å²) in [6.07, 6.45) is 1.84. The molecule has 0 atom stereocenters. The summed E-state index contributed by atoms with van der Waals surface area (Å²) < 4.78 is 8.56. The Bertz CT molecular complexity index is 1470. The predicted octanol–water partition coefficient (Wildman–Crippen LogP) is 3.59. The van der Waals surface area contributed by atoms with Gasteiger partial charge in [0.15, 0.2) is 9.99 Å². The monoisotopic (exact) mass is 482 g/mol. The van der Waals surface area contributed by atoms with Crippen molar-refractivity contribution < 1.29 is 9.53 Å². The molecule has 0 radical (unpaired) electrons. The fraction of sp³-hybridized carbons (Fsp3) is 0.217. The van der Waals surface area contributed by atoms with E-state index in [1.165, 1.54) is 34.8 Å². The minimum absolute atomic E-state index is 0.195. The lowest BCUT2D eigenvalue weighted by molar-refractivity contribution is -0.116. The second-order valence-electron chi connectivity index (χ2n) is 7.44. The smallest absolute Gasteiger partial charge is 0.337 e. The molecule has 170 valence electrons. The quantitative estimate of drug-likeness (QED) is 0.422. The van der Waals surface area contributed by atoms with Crippen LogP contribution in [0.4, 0.5) is 5.69 Å². The van der Waals surface area contributed by atoms with Gasteiger partial charge in [-0.1, -0.05) is 30.0 Å². The third-order valence-corrected chi connectivity index (χ3v) is 6.99. The Kier molecular flexibility index (Phi) is 6.39. The molecule has 33 heavy (non-hydrogen) atoms. The van der Waals surface area contributed by atoms with Crippen LogP contribution in [0, 0.1) is 13.8 Å². The van der Waals surface area contributed by atoms with Gasteiger partial charge in [0, 0.05) is 5.69 Å². The molecular formula is C23H22N4O4S2. The van der Waals surface area contributed by atoms with Crippen molar-refractivity contribution in [3.63, 3.8) is 0 Å². The predicted molar refractivity (Wildman–Crippen MR) is 132 cm³/mol. The molecule has 0 saturated carbocycles. The largest absolute Gasteiger partial charge is 0.495 e. The lowest BCUT2D eigenvalue weighted by Crippen LogP contribution is -2.40. The van der Waals surface area contributed by atoms with Gasteiger partial charge in [-0.3, -0.25) is 14.2 Å². The lowest BCUT2D eigenvalue weighted by Gasteiger charge is -2.14. The lowest BCUT2D eigenvalue weighted by atomic mass is 10.1. The summed E-state index contributed by atoms with van der Waals surface area (Å²) >= 11 is 2.56. The molecule has 1 amide bonds. The van der Waals surface area contributed by atoms with E-state index in [4.69, 9.17) is 4.74 Å². The van der Waals surface area contributed by atoms with Gasteiger partial charge in [-0.25, -0.2) is 14.3 Å². The van der Waals surface area contributed by atoms with Crippen molar-refractivity contribution in [3.05, 3.63) is 74.4 Å². The van der Waals surface area contributed by atoms with Gasteiger partial charge in [0.1, 0.15) is 17.0 Å². The van der Waals surface area contributed by atoms with Crippen LogP contribution in [0.15, 0.2) is 56.4 Å². The number of carbonyl (C=O) groups excluding carboxylic acids is 1. The van der Waals surface area contributed by atoms with E-state index in [0.717, 1.165) is 15.7 Å². The molecule has 0 unspecified atom stereocenters. The standard InChI is InChI=1S/C23H22N4O4S2/c1-13-9-14(2)11-15(10-13)24-18(28)12-26-20-19(33-22(25-20)32-4)21(29)27(23(26)30)16-7-5-6-8-17(16)31-3/h5-11H,12H2,1-4H3,(H,24,28). The number of para-hydroxylation sites is 2. The SMILES string of the molecule is COc1ccccc1-n1c(=O)c2sc(SC)nc2n(CC(=O)Nc2cc(C)cc(C)c2)c1=O. The number of rotatable bonds is 6. The van der Waals surface area contributed by atoms with E-state index in [1.807, 2.05) is 38.3 Å². The van der Waals surface area contributed by atoms with Crippen LogP contribution in [0.5, 0.6) is 5.75 Å². The second-order valence-corrected chi connectivity index (χ2v) is 9.49. The number of thioether (sulfide) groups is 1. The van der Waals surface area contributed by atoms with E-state index < -0.39 is 17.2 Å². The van der Waals surface area contributed by atoms with Crippen molar-refractivity contribution in [3.8, 4) is 11.4 Å². The molecular weight excluding hydrogens is 460 g/mol. The molecule has 0 aliphatic heterocycles. The first-order valence-corrected chi connectivity index (χ1v) is 12.1. The zero-order chi connectivity index (χ0) is 23.7. The van der Waals surface area contributed by atoms with Crippen LogP contribution in [0.1, 0.15) is 11.1 Å². The molecule has 4 rings (SSSR count). The fourth-order valence-electron chi connectivity index (χ4n) is 3.66. The number of thiazole rings is 1. The highest BCUT2D eigenvalue weighted by Crippen LogP contribution is 2.26. The normalized spacial score (nSPS) is 11.0.